The van der Waals surface area contributed by atoms with Crippen molar-refractivity contribution in [3.63, 3.8) is 0 Å². The number of pyridine rings is 1. The molecule has 1 spiro atoms. The SMILES string of the molecule is CCCCCC(C)C(=O)OC1NCC12CN(c1cc(Br)ccn1)C2. The number of rotatable bonds is 7. The lowest BCUT2D eigenvalue weighted by Crippen LogP contribution is -2.77. The predicted octanol–water partition coefficient (Wildman–Crippen LogP) is 3.34. The van der Waals surface area contributed by atoms with Gasteiger partial charge in [0.2, 0.25) is 0 Å². The van der Waals surface area contributed by atoms with Crippen molar-refractivity contribution in [1.29, 1.82) is 0 Å². The van der Waals surface area contributed by atoms with Gasteiger partial charge in [0.05, 0.1) is 11.3 Å². The number of aromatic nitrogens is 1. The maximum atomic E-state index is 12.3. The van der Waals surface area contributed by atoms with E-state index >= 15 is 0 Å². The highest BCUT2D eigenvalue weighted by Crippen LogP contribution is 2.42. The Kier molecular flexibility index (Phi) is 5.45. The molecule has 2 saturated heterocycles. The lowest BCUT2D eigenvalue weighted by Gasteiger charge is -2.60. The van der Waals surface area contributed by atoms with Crippen molar-refractivity contribution in [1.82, 2.24) is 10.3 Å². The molecule has 0 radical (unpaired) electrons. The molecule has 132 valence electrons. The highest BCUT2D eigenvalue weighted by atomic mass is 79.9. The number of carbonyl (C=O) groups excluding carboxylic acids is 1. The van der Waals surface area contributed by atoms with Gasteiger partial charge in [-0.05, 0) is 18.6 Å². The summed E-state index contributed by atoms with van der Waals surface area (Å²) in [6.07, 6.45) is 6.02. The normalized spacial score (nSPS) is 22.6. The number of nitrogens with one attached hydrogen (secondary N) is 1. The summed E-state index contributed by atoms with van der Waals surface area (Å²) in [5, 5.41) is 3.28. The number of hydrogen-bond donors (Lipinski definition) is 1. The first kappa shape index (κ1) is 17.7. The monoisotopic (exact) mass is 395 g/mol. The van der Waals surface area contributed by atoms with E-state index in [1.165, 1.54) is 12.8 Å². The van der Waals surface area contributed by atoms with Crippen LogP contribution in [0.1, 0.15) is 39.5 Å². The minimum Gasteiger partial charge on any atom is -0.446 e. The molecule has 3 rings (SSSR count). The summed E-state index contributed by atoms with van der Waals surface area (Å²) in [4.78, 5) is 18.9. The standard InChI is InChI=1S/C18H26BrN3O2/c1-3-4-5-6-13(2)16(23)24-17-18(10-21-17)11-22(12-18)15-9-14(19)7-8-20-15/h7-9,13,17,21H,3-6,10-12H2,1-2H3. The van der Waals surface area contributed by atoms with Gasteiger partial charge in [0.25, 0.3) is 0 Å². The van der Waals surface area contributed by atoms with Gasteiger partial charge < -0.3 is 9.64 Å². The highest BCUT2D eigenvalue weighted by molar-refractivity contribution is 9.10. The average Bonchev–Trinajstić information content (AvgIpc) is 2.50. The first-order chi connectivity index (χ1) is 11.5. The van der Waals surface area contributed by atoms with Crippen LogP contribution in [0.3, 0.4) is 0 Å². The Bertz CT molecular complexity index is 589. The van der Waals surface area contributed by atoms with Crippen molar-refractivity contribution in [3.05, 3.63) is 22.8 Å². The van der Waals surface area contributed by atoms with Gasteiger partial charge in [-0.25, -0.2) is 4.98 Å². The number of halogens is 1. The Morgan fingerprint density at radius 2 is 2.33 bits per heavy atom. The Hall–Kier alpha value is -1.14. The molecule has 1 N–H and O–H groups in total. The van der Waals surface area contributed by atoms with Gasteiger partial charge in [-0.15, -0.1) is 0 Å². The van der Waals surface area contributed by atoms with Crippen LogP contribution in [-0.2, 0) is 9.53 Å². The molecule has 2 aliphatic heterocycles. The quantitative estimate of drug-likeness (QED) is 0.566. The number of nitrogens with zero attached hydrogens (tertiary/aromatic N) is 2. The highest BCUT2D eigenvalue weighted by Gasteiger charge is 2.57. The molecule has 2 unspecified atom stereocenters. The minimum absolute atomic E-state index is 0.0149. The fraction of sp³-hybridized carbons (Fsp3) is 0.667. The summed E-state index contributed by atoms with van der Waals surface area (Å²) < 4.78 is 6.77. The van der Waals surface area contributed by atoms with Crippen molar-refractivity contribution in [2.45, 2.75) is 45.8 Å². The van der Waals surface area contributed by atoms with E-state index in [2.05, 4.69) is 38.1 Å². The van der Waals surface area contributed by atoms with E-state index < -0.39 is 0 Å². The van der Waals surface area contributed by atoms with Crippen molar-refractivity contribution in [2.24, 2.45) is 11.3 Å². The number of esters is 1. The first-order valence-corrected chi connectivity index (χ1v) is 9.64. The smallest absolute Gasteiger partial charge is 0.310 e. The molecule has 2 fully saturated rings. The predicted molar refractivity (Wildman–Crippen MR) is 97.8 cm³/mol. The summed E-state index contributed by atoms with van der Waals surface area (Å²) in [6, 6.07) is 3.95. The van der Waals surface area contributed by atoms with E-state index in [0.29, 0.717) is 0 Å². The zero-order valence-corrected chi connectivity index (χ0v) is 16.0. The number of ether oxygens (including phenoxy) is 1. The topological polar surface area (TPSA) is 54.5 Å². The molecule has 0 amide bonds. The van der Waals surface area contributed by atoms with Gasteiger partial charge in [0.1, 0.15) is 5.82 Å². The third-order valence-electron chi connectivity index (χ3n) is 5.12. The van der Waals surface area contributed by atoms with Crippen molar-refractivity contribution in [2.75, 3.05) is 24.5 Å². The largest absolute Gasteiger partial charge is 0.446 e. The molecule has 0 saturated carbocycles. The van der Waals surface area contributed by atoms with Crippen LogP contribution < -0.4 is 10.2 Å². The Morgan fingerprint density at radius 1 is 1.54 bits per heavy atom. The Morgan fingerprint density at radius 3 is 2.96 bits per heavy atom. The van der Waals surface area contributed by atoms with Crippen LogP contribution in [0, 0.1) is 11.3 Å². The van der Waals surface area contributed by atoms with Crippen LogP contribution in [0.2, 0.25) is 0 Å². The second kappa shape index (κ2) is 7.40. The van der Waals surface area contributed by atoms with Crippen LogP contribution >= 0.6 is 15.9 Å². The molecule has 6 heteroatoms. The van der Waals surface area contributed by atoms with Gasteiger partial charge in [-0.1, -0.05) is 49.0 Å². The molecule has 0 aromatic carbocycles. The zero-order valence-electron chi connectivity index (χ0n) is 14.4. The molecule has 0 bridgehead atoms. The first-order valence-electron chi connectivity index (χ1n) is 8.84. The van der Waals surface area contributed by atoms with E-state index in [1.54, 1.807) is 6.20 Å². The van der Waals surface area contributed by atoms with Gasteiger partial charge in [0.15, 0.2) is 6.23 Å². The second-order valence-corrected chi connectivity index (χ2v) is 8.06. The van der Waals surface area contributed by atoms with Crippen LogP contribution in [-0.4, -0.2) is 36.8 Å². The fourth-order valence-corrected chi connectivity index (χ4v) is 3.73. The van der Waals surface area contributed by atoms with Crippen LogP contribution in [0.4, 0.5) is 5.82 Å². The fourth-order valence-electron chi connectivity index (χ4n) is 3.41. The molecule has 1 aromatic heterocycles. The van der Waals surface area contributed by atoms with Crippen LogP contribution in [0.15, 0.2) is 22.8 Å². The third kappa shape index (κ3) is 3.59. The van der Waals surface area contributed by atoms with Gasteiger partial charge in [0, 0.05) is 30.3 Å². The molecule has 24 heavy (non-hydrogen) atoms. The number of hydrogen-bond acceptors (Lipinski definition) is 5. The molecule has 2 atom stereocenters. The van der Waals surface area contributed by atoms with Gasteiger partial charge >= 0.3 is 5.97 Å². The lowest BCUT2D eigenvalue weighted by molar-refractivity contribution is -0.180. The summed E-state index contributed by atoms with van der Waals surface area (Å²) in [5.41, 5.74) is 0.0583. The van der Waals surface area contributed by atoms with E-state index in [-0.39, 0.29) is 23.5 Å². The zero-order chi connectivity index (χ0) is 17.2. The van der Waals surface area contributed by atoms with E-state index in [9.17, 15) is 4.79 Å². The van der Waals surface area contributed by atoms with Crippen LogP contribution in [0.5, 0.6) is 0 Å². The molecule has 1 aromatic rings. The lowest BCUT2D eigenvalue weighted by atomic mass is 9.72. The Balaban J connectivity index is 1.48. The van der Waals surface area contributed by atoms with Crippen molar-refractivity contribution in [3.8, 4) is 0 Å². The summed E-state index contributed by atoms with van der Waals surface area (Å²) >= 11 is 3.48. The number of carbonyl (C=O) groups is 1. The third-order valence-corrected chi connectivity index (χ3v) is 5.61. The number of unbranched alkanes of at least 4 members (excludes halogenated alkanes) is 2. The second-order valence-electron chi connectivity index (χ2n) is 7.15. The summed E-state index contributed by atoms with van der Waals surface area (Å²) in [6.45, 7) is 6.81. The van der Waals surface area contributed by atoms with E-state index in [0.717, 1.165) is 42.8 Å². The minimum atomic E-state index is -0.151. The van der Waals surface area contributed by atoms with E-state index in [1.807, 2.05) is 19.1 Å². The number of anilines is 1. The molecule has 2 aliphatic rings. The van der Waals surface area contributed by atoms with Gasteiger partial charge in [-0.3, -0.25) is 10.1 Å². The van der Waals surface area contributed by atoms with E-state index in [4.69, 9.17) is 4.74 Å². The average molecular weight is 396 g/mol. The van der Waals surface area contributed by atoms with Crippen LogP contribution in [0.25, 0.3) is 0 Å². The van der Waals surface area contributed by atoms with Gasteiger partial charge in [-0.2, -0.15) is 0 Å². The molecular formula is C18H26BrN3O2. The Labute approximate surface area is 152 Å². The maximum absolute atomic E-state index is 12.3. The van der Waals surface area contributed by atoms with Crippen molar-refractivity contribution < 1.29 is 9.53 Å². The molecule has 3 heterocycles. The summed E-state index contributed by atoms with van der Waals surface area (Å²) in [7, 11) is 0. The molecular weight excluding hydrogens is 370 g/mol. The summed E-state index contributed by atoms with van der Waals surface area (Å²) in [5.74, 6) is 0.889. The molecule has 5 nitrogen and oxygen atoms in total. The van der Waals surface area contributed by atoms with Crippen molar-refractivity contribution >= 4 is 27.7 Å². The molecule has 0 aliphatic carbocycles. The maximum Gasteiger partial charge on any atom is 0.310 e.